The first-order valence-corrected chi connectivity index (χ1v) is 17.0. The van der Waals surface area contributed by atoms with E-state index >= 15 is 0 Å². The highest BCUT2D eigenvalue weighted by Gasteiger charge is 2.36. The lowest BCUT2D eigenvalue weighted by Crippen LogP contribution is -2.25. The third kappa shape index (κ3) is 3.83. The van der Waals surface area contributed by atoms with Gasteiger partial charge in [-0.1, -0.05) is 147 Å². The second-order valence-electron chi connectivity index (χ2n) is 13.9. The van der Waals surface area contributed by atoms with Crippen LogP contribution in [0.5, 0.6) is 0 Å². The van der Waals surface area contributed by atoms with E-state index in [0.717, 1.165) is 11.5 Å². The molecule has 2 nitrogen and oxygen atoms in total. The van der Waals surface area contributed by atoms with Gasteiger partial charge in [-0.15, -0.1) is 0 Å². The summed E-state index contributed by atoms with van der Waals surface area (Å²) in [5, 5.41) is 5.17. The van der Waals surface area contributed by atoms with Crippen LogP contribution < -0.4 is 0 Å². The molecule has 0 fully saturated rings. The van der Waals surface area contributed by atoms with Gasteiger partial charge < -0.3 is 0 Å². The third-order valence-corrected chi connectivity index (χ3v) is 11.0. The zero-order valence-electron chi connectivity index (χ0n) is 27.1. The molecule has 7 aromatic rings. The molecule has 228 valence electrons. The van der Waals surface area contributed by atoms with Gasteiger partial charge >= 0.3 is 0 Å². The molecular formula is C46H34N2. The Morgan fingerprint density at radius 3 is 2.27 bits per heavy atom. The average molecular weight is 615 g/mol. The van der Waals surface area contributed by atoms with Crippen LogP contribution in [0.25, 0.3) is 60.7 Å². The maximum absolute atomic E-state index is 5.47. The molecule has 0 amide bonds. The van der Waals surface area contributed by atoms with E-state index in [1.165, 1.54) is 71.5 Å². The zero-order valence-corrected chi connectivity index (χ0v) is 27.1. The van der Waals surface area contributed by atoms with E-state index in [1.807, 2.05) is 0 Å². The van der Waals surface area contributed by atoms with Gasteiger partial charge in [-0.25, -0.2) is 4.99 Å². The highest BCUT2D eigenvalue weighted by atomic mass is 15.1. The molecule has 0 bridgehead atoms. The van der Waals surface area contributed by atoms with Crippen LogP contribution in [0, 0.1) is 5.92 Å². The topological polar surface area (TPSA) is 17.3 Å². The lowest BCUT2D eigenvalue weighted by molar-refractivity contribution is 0.645. The molecule has 1 aliphatic heterocycles. The van der Waals surface area contributed by atoms with E-state index in [4.69, 9.17) is 4.99 Å². The predicted octanol–water partition coefficient (Wildman–Crippen LogP) is 11.7. The smallest absolute Gasteiger partial charge is 0.134 e. The largest absolute Gasteiger partial charge is 0.293 e. The highest BCUT2D eigenvalue weighted by molar-refractivity contribution is 6.23. The van der Waals surface area contributed by atoms with E-state index in [0.29, 0.717) is 0 Å². The predicted molar refractivity (Wildman–Crippen MR) is 203 cm³/mol. The first-order valence-electron chi connectivity index (χ1n) is 17.0. The maximum atomic E-state index is 5.47. The van der Waals surface area contributed by atoms with Crippen molar-refractivity contribution in [3.05, 3.63) is 174 Å². The first kappa shape index (κ1) is 27.4. The van der Waals surface area contributed by atoms with Gasteiger partial charge in [-0.2, -0.15) is 0 Å². The first-order chi connectivity index (χ1) is 23.6. The van der Waals surface area contributed by atoms with Crippen molar-refractivity contribution in [1.29, 1.82) is 0 Å². The van der Waals surface area contributed by atoms with Crippen LogP contribution in [0.3, 0.4) is 0 Å². The Morgan fingerprint density at radius 1 is 0.646 bits per heavy atom. The summed E-state index contributed by atoms with van der Waals surface area (Å²) in [6.07, 6.45) is 11.2. The average Bonchev–Trinajstić information content (AvgIpc) is 3.47. The van der Waals surface area contributed by atoms with Crippen molar-refractivity contribution in [3.63, 3.8) is 0 Å². The lowest BCUT2D eigenvalue weighted by atomic mass is 9.68. The SMILES string of the molecule is CC1(C)c2ccccc2-c2c3c1cccc3cc1c3ccccc3n(C3=CC(c4ccc(-c5ccccc5)cc4)C4C=CC=CC4=N3)c21. The molecule has 6 aromatic carbocycles. The van der Waals surface area contributed by atoms with Gasteiger partial charge in [-0.05, 0) is 68.4 Å². The van der Waals surface area contributed by atoms with Crippen LogP contribution in [0.1, 0.15) is 36.5 Å². The molecule has 1 aromatic heterocycles. The molecule has 2 heterocycles. The van der Waals surface area contributed by atoms with Gasteiger partial charge in [-0.3, -0.25) is 4.57 Å². The summed E-state index contributed by atoms with van der Waals surface area (Å²) in [7, 11) is 0. The van der Waals surface area contributed by atoms with Gasteiger partial charge in [0.05, 0.1) is 16.7 Å². The van der Waals surface area contributed by atoms with Crippen LogP contribution in [0.2, 0.25) is 0 Å². The normalized spacial score (nSPS) is 18.9. The van der Waals surface area contributed by atoms with E-state index < -0.39 is 0 Å². The van der Waals surface area contributed by atoms with Crippen LogP contribution in [-0.4, -0.2) is 10.3 Å². The van der Waals surface area contributed by atoms with Crippen molar-refractivity contribution < 1.29 is 0 Å². The van der Waals surface area contributed by atoms with E-state index in [1.54, 1.807) is 0 Å². The minimum atomic E-state index is -0.110. The molecule has 10 rings (SSSR count). The Bertz CT molecular complexity index is 2570. The van der Waals surface area contributed by atoms with Gasteiger partial charge in [0.1, 0.15) is 5.82 Å². The number of aliphatic imine (C=N–C) groups is 1. The molecule has 0 saturated carbocycles. The summed E-state index contributed by atoms with van der Waals surface area (Å²) in [6, 6.07) is 46.9. The van der Waals surface area contributed by atoms with Gasteiger partial charge in [0.2, 0.25) is 0 Å². The van der Waals surface area contributed by atoms with Crippen molar-refractivity contribution in [1.82, 2.24) is 4.57 Å². The van der Waals surface area contributed by atoms with Crippen LogP contribution in [0.4, 0.5) is 0 Å². The minimum Gasteiger partial charge on any atom is -0.293 e. The Labute approximate surface area is 280 Å². The summed E-state index contributed by atoms with van der Waals surface area (Å²) in [6.45, 7) is 4.74. The number of benzene rings is 6. The number of nitrogens with zero attached hydrogens (tertiary/aromatic N) is 2. The fourth-order valence-electron chi connectivity index (χ4n) is 8.67. The Morgan fingerprint density at radius 2 is 1.40 bits per heavy atom. The summed E-state index contributed by atoms with van der Waals surface area (Å²) in [5.41, 5.74) is 12.6. The van der Waals surface area contributed by atoms with Crippen molar-refractivity contribution in [3.8, 4) is 22.3 Å². The molecule has 2 aliphatic carbocycles. The fourth-order valence-corrected chi connectivity index (χ4v) is 8.67. The Hall–Kier alpha value is -5.73. The molecule has 3 aliphatic rings. The van der Waals surface area contributed by atoms with E-state index in [-0.39, 0.29) is 17.3 Å². The number of hydrogen-bond donors (Lipinski definition) is 0. The maximum Gasteiger partial charge on any atom is 0.134 e. The number of allylic oxidation sites excluding steroid dienone is 5. The molecule has 0 radical (unpaired) electrons. The van der Waals surface area contributed by atoms with Crippen LogP contribution in [0.15, 0.2) is 163 Å². The molecule has 2 heteroatoms. The molecular weight excluding hydrogens is 581 g/mol. The number of hydrogen-bond acceptors (Lipinski definition) is 1. The van der Waals surface area contributed by atoms with Crippen molar-refractivity contribution in [2.75, 3.05) is 0 Å². The Kier molecular flexibility index (Phi) is 5.78. The quantitative estimate of drug-likeness (QED) is 0.188. The molecule has 0 N–H and O–H groups in total. The molecule has 0 spiro atoms. The monoisotopic (exact) mass is 614 g/mol. The number of para-hydroxylation sites is 1. The second kappa shape index (κ2) is 10.1. The van der Waals surface area contributed by atoms with Crippen molar-refractivity contribution in [2.24, 2.45) is 10.9 Å². The van der Waals surface area contributed by atoms with Gasteiger partial charge in [0.25, 0.3) is 0 Å². The van der Waals surface area contributed by atoms with E-state index in [2.05, 4.69) is 176 Å². The summed E-state index contributed by atoms with van der Waals surface area (Å²) in [5.74, 6) is 1.31. The zero-order chi connectivity index (χ0) is 32.0. The Balaban J connectivity index is 1.27. The molecule has 0 saturated heterocycles. The van der Waals surface area contributed by atoms with Crippen molar-refractivity contribution >= 4 is 44.1 Å². The number of fused-ring (bicyclic) bond motifs is 7. The fraction of sp³-hybridized carbons (Fsp3) is 0.109. The minimum absolute atomic E-state index is 0.110. The summed E-state index contributed by atoms with van der Waals surface area (Å²) in [4.78, 5) is 5.47. The standard InChI is InChI=1S/C46H34N2/c1-46(2)38-19-9-6-18-35(38)44-43-32(15-12-20-39(43)46)27-37-34-17-8-11-22-41(34)48(45(37)44)42-28-36(33-16-7-10-21-40(33)47-42)31-25-23-30(24-26-31)29-13-4-3-5-14-29/h3-28,33,36H,1-2H3. The lowest BCUT2D eigenvalue weighted by Gasteiger charge is -2.35. The highest BCUT2D eigenvalue weighted by Crippen LogP contribution is 2.53. The molecule has 2 unspecified atom stereocenters. The van der Waals surface area contributed by atoms with Gasteiger partial charge in [0.15, 0.2) is 0 Å². The second-order valence-corrected chi connectivity index (χ2v) is 13.9. The molecule has 2 atom stereocenters. The number of rotatable bonds is 3. The summed E-state index contributed by atoms with van der Waals surface area (Å²) < 4.78 is 2.46. The third-order valence-electron chi connectivity index (χ3n) is 11.0. The van der Waals surface area contributed by atoms with Crippen molar-refractivity contribution in [2.45, 2.75) is 25.2 Å². The summed E-state index contributed by atoms with van der Waals surface area (Å²) >= 11 is 0. The van der Waals surface area contributed by atoms with E-state index in [9.17, 15) is 0 Å². The van der Waals surface area contributed by atoms with Crippen LogP contribution >= 0.6 is 0 Å². The molecule has 48 heavy (non-hydrogen) atoms. The van der Waals surface area contributed by atoms with Gasteiger partial charge in [0, 0.05) is 33.6 Å². The van der Waals surface area contributed by atoms with Crippen LogP contribution in [-0.2, 0) is 5.41 Å². The number of aromatic nitrogens is 1.